The van der Waals surface area contributed by atoms with Gasteiger partial charge in [-0.05, 0) is 31.0 Å². The molecule has 0 aliphatic carbocycles. The summed E-state index contributed by atoms with van der Waals surface area (Å²) in [5, 5.41) is 7.73. The molecule has 98 valence electrons. The summed E-state index contributed by atoms with van der Waals surface area (Å²) < 4.78 is 27.1. The van der Waals surface area contributed by atoms with Crippen LogP contribution in [-0.4, -0.2) is 13.7 Å². The van der Waals surface area contributed by atoms with Gasteiger partial charge in [0, 0.05) is 4.47 Å². The molecule has 1 aromatic rings. The largest absolute Gasteiger partial charge is 0.397 e. The maximum atomic E-state index is 12.0. The Morgan fingerprint density at radius 1 is 1.56 bits per heavy atom. The Hall–Kier alpha value is -1.26. The van der Waals surface area contributed by atoms with Gasteiger partial charge in [-0.3, -0.25) is 4.72 Å². The van der Waals surface area contributed by atoms with E-state index in [0.717, 1.165) is 4.47 Å². The van der Waals surface area contributed by atoms with Crippen LogP contribution in [0.5, 0.6) is 0 Å². The van der Waals surface area contributed by atoms with Gasteiger partial charge in [0.05, 0.1) is 17.4 Å². The lowest BCUT2D eigenvalue weighted by Gasteiger charge is -2.15. The Bertz CT molecular complexity index is 570. The number of hydrogen-bond acceptors (Lipinski definition) is 4. The van der Waals surface area contributed by atoms with Gasteiger partial charge in [-0.1, -0.05) is 22.9 Å². The smallest absolute Gasteiger partial charge is 0.249 e. The van der Waals surface area contributed by atoms with Gasteiger partial charge in [0.1, 0.15) is 0 Å². The zero-order valence-corrected chi connectivity index (χ0v) is 12.5. The van der Waals surface area contributed by atoms with Crippen molar-refractivity contribution in [3.8, 4) is 6.07 Å². The Morgan fingerprint density at radius 3 is 2.61 bits per heavy atom. The van der Waals surface area contributed by atoms with Crippen LogP contribution in [-0.2, 0) is 10.0 Å². The van der Waals surface area contributed by atoms with E-state index in [-0.39, 0.29) is 6.42 Å². The van der Waals surface area contributed by atoms with Crippen LogP contribution in [0.15, 0.2) is 16.6 Å². The first-order valence-electron chi connectivity index (χ1n) is 5.28. The molecule has 0 saturated carbocycles. The summed E-state index contributed by atoms with van der Waals surface area (Å²) in [5.74, 6) is 0. The number of rotatable bonds is 4. The number of nitriles is 1. The molecule has 0 amide bonds. The second-order valence-electron chi connectivity index (χ2n) is 3.86. The third-order valence-electron chi connectivity index (χ3n) is 2.46. The van der Waals surface area contributed by atoms with Crippen molar-refractivity contribution in [2.45, 2.75) is 25.5 Å². The third-order valence-corrected chi connectivity index (χ3v) is 4.60. The van der Waals surface area contributed by atoms with Crippen LogP contribution >= 0.6 is 15.9 Å². The molecule has 5 nitrogen and oxygen atoms in total. The minimum atomic E-state index is -3.74. The third kappa shape index (κ3) is 3.15. The fourth-order valence-electron chi connectivity index (χ4n) is 1.50. The van der Waals surface area contributed by atoms with Crippen molar-refractivity contribution in [2.24, 2.45) is 0 Å². The highest BCUT2D eigenvalue weighted by atomic mass is 79.9. The molecule has 7 heteroatoms. The van der Waals surface area contributed by atoms with Gasteiger partial charge < -0.3 is 5.73 Å². The topological polar surface area (TPSA) is 96.0 Å². The van der Waals surface area contributed by atoms with Crippen LogP contribution in [0.4, 0.5) is 11.4 Å². The van der Waals surface area contributed by atoms with Crippen molar-refractivity contribution in [1.29, 1.82) is 5.26 Å². The number of nitrogen functional groups attached to an aromatic ring is 1. The van der Waals surface area contributed by atoms with Gasteiger partial charge in [0.2, 0.25) is 10.0 Å². The molecule has 0 fully saturated rings. The SMILES string of the molecule is CCC(C#N)S(=O)(=O)Nc1c(C)cc(Br)cc1N. The van der Waals surface area contributed by atoms with Gasteiger partial charge in [-0.2, -0.15) is 5.26 Å². The summed E-state index contributed by atoms with van der Waals surface area (Å²) in [6, 6.07) is 5.12. The van der Waals surface area contributed by atoms with E-state index in [1.54, 1.807) is 32.0 Å². The van der Waals surface area contributed by atoms with E-state index >= 15 is 0 Å². The lowest BCUT2D eigenvalue weighted by molar-refractivity contribution is 0.593. The van der Waals surface area contributed by atoms with E-state index in [2.05, 4.69) is 20.7 Å². The molecule has 1 atom stereocenters. The van der Waals surface area contributed by atoms with Crippen LogP contribution in [0.1, 0.15) is 18.9 Å². The van der Waals surface area contributed by atoms with E-state index in [1.807, 2.05) is 0 Å². The van der Waals surface area contributed by atoms with Gasteiger partial charge in [-0.25, -0.2) is 8.42 Å². The summed E-state index contributed by atoms with van der Waals surface area (Å²) >= 11 is 3.27. The molecular weight excluding hydrogens is 318 g/mol. The molecule has 0 aliphatic rings. The molecule has 1 aromatic carbocycles. The Morgan fingerprint density at radius 2 is 2.17 bits per heavy atom. The highest BCUT2D eigenvalue weighted by Crippen LogP contribution is 2.29. The van der Waals surface area contributed by atoms with Gasteiger partial charge in [-0.15, -0.1) is 0 Å². The molecule has 1 unspecified atom stereocenters. The molecule has 0 spiro atoms. The van der Waals surface area contributed by atoms with Crippen molar-refractivity contribution in [2.75, 3.05) is 10.5 Å². The monoisotopic (exact) mass is 331 g/mol. The Labute approximate surface area is 115 Å². The molecule has 0 saturated heterocycles. The number of aryl methyl sites for hydroxylation is 1. The van der Waals surface area contributed by atoms with Crippen LogP contribution < -0.4 is 10.5 Å². The standard InChI is InChI=1S/C11H14BrN3O2S/c1-3-9(6-13)18(16,17)15-11-7(2)4-8(12)5-10(11)14/h4-5,9,15H,3,14H2,1-2H3. The first-order chi connectivity index (χ1) is 8.31. The summed E-state index contributed by atoms with van der Waals surface area (Å²) in [6.07, 6.45) is 0.224. The van der Waals surface area contributed by atoms with E-state index in [9.17, 15) is 8.42 Å². The minimum absolute atomic E-state index is 0.224. The number of nitrogens with two attached hydrogens (primary N) is 1. The van der Waals surface area contributed by atoms with E-state index < -0.39 is 15.3 Å². The predicted octanol–water partition coefficient (Wildman–Crippen LogP) is 2.38. The quantitative estimate of drug-likeness (QED) is 0.828. The van der Waals surface area contributed by atoms with Crippen molar-refractivity contribution in [3.05, 3.63) is 22.2 Å². The molecule has 0 aliphatic heterocycles. The maximum absolute atomic E-state index is 12.0. The molecule has 3 N–H and O–H groups in total. The lowest BCUT2D eigenvalue weighted by atomic mass is 10.2. The number of nitrogens with one attached hydrogen (secondary N) is 1. The van der Waals surface area contributed by atoms with Crippen LogP contribution in [0, 0.1) is 18.3 Å². The average molecular weight is 332 g/mol. The Kier molecular flexibility index (Phi) is 4.59. The van der Waals surface area contributed by atoms with Crippen molar-refractivity contribution in [1.82, 2.24) is 0 Å². The molecule has 0 heterocycles. The fraction of sp³-hybridized carbons (Fsp3) is 0.364. The first kappa shape index (κ1) is 14.8. The van der Waals surface area contributed by atoms with Crippen LogP contribution in [0.25, 0.3) is 0 Å². The summed E-state index contributed by atoms with van der Waals surface area (Å²) in [7, 11) is -3.74. The van der Waals surface area contributed by atoms with Crippen molar-refractivity contribution < 1.29 is 8.42 Å². The molecule has 0 bridgehead atoms. The van der Waals surface area contributed by atoms with Crippen molar-refractivity contribution in [3.63, 3.8) is 0 Å². The molecule has 1 rings (SSSR count). The summed E-state index contributed by atoms with van der Waals surface area (Å²) in [6.45, 7) is 3.39. The van der Waals surface area contributed by atoms with Crippen molar-refractivity contribution >= 4 is 37.3 Å². The second-order valence-corrected chi connectivity index (χ2v) is 6.64. The van der Waals surface area contributed by atoms with Gasteiger partial charge in [0.15, 0.2) is 5.25 Å². The number of sulfonamides is 1. The van der Waals surface area contributed by atoms with Gasteiger partial charge in [0.25, 0.3) is 0 Å². The summed E-state index contributed by atoms with van der Waals surface area (Å²) in [5.41, 5.74) is 7.11. The number of nitrogens with zero attached hydrogens (tertiary/aromatic N) is 1. The van der Waals surface area contributed by atoms with Crippen LogP contribution in [0.3, 0.4) is 0 Å². The summed E-state index contributed by atoms with van der Waals surface area (Å²) in [4.78, 5) is 0. The molecule has 18 heavy (non-hydrogen) atoms. The lowest BCUT2D eigenvalue weighted by Crippen LogP contribution is -2.26. The molecular formula is C11H14BrN3O2S. The van der Waals surface area contributed by atoms with Gasteiger partial charge >= 0.3 is 0 Å². The maximum Gasteiger partial charge on any atom is 0.249 e. The number of halogens is 1. The normalized spacial score (nSPS) is 12.8. The zero-order valence-electron chi connectivity index (χ0n) is 10.1. The predicted molar refractivity (Wildman–Crippen MR) is 75.5 cm³/mol. The second kappa shape index (κ2) is 5.59. The van der Waals surface area contributed by atoms with Crippen LogP contribution in [0.2, 0.25) is 0 Å². The molecule has 0 radical (unpaired) electrons. The first-order valence-corrected chi connectivity index (χ1v) is 7.62. The zero-order chi connectivity index (χ0) is 13.9. The molecule has 0 aromatic heterocycles. The van der Waals surface area contributed by atoms with E-state index in [0.29, 0.717) is 16.9 Å². The van der Waals surface area contributed by atoms with E-state index in [1.165, 1.54) is 0 Å². The highest BCUT2D eigenvalue weighted by molar-refractivity contribution is 9.10. The number of benzene rings is 1. The highest BCUT2D eigenvalue weighted by Gasteiger charge is 2.24. The minimum Gasteiger partial charge on any atom is -0.397 e. The fourth-order valence-corrected chi connectivity index (χ4v) is 3.38. The Balaban J connectivity index is 3.17. The number of anilines is 2. The van der Waals surface area contributed by atoms with E-state index in [4.69, 9.17) is 11.0 Å². The number of hydrogen-bond donors (Lipinski definition) is 2. The average Bonchev–Trinajstić information content (AvgIpc) is 2.24.